The van der Waals surface area contributed by atoms with Crippen molar-refractivity contribution >= 4 is 5.69 Å². The summed E-state index contributed by atoms with van der Waals surface area (Å²) < 4.78 is 2.03. The van der Waals surface area contributed by atoms with Gasteiger partial charge in [0.25, 0.3) is 0 Å². The molecule has 21 heavy (non-hydrogen) atoms. The van der Waals surface area contributed by atoms with E-state index in [2.05, 4.69) is 53.0 Å². The summed E-state index contributed by atoms with van der Waals surface area (Å²) in [6, 6.07) is 11.3. The van der Waals surface area contributed by atoms with Crippen LogP contribution in [0.5, 0.6) is 0 Å². The van der Waals surface area contributed by atoms with Gasteiger partial charge >= 0.3 is 0 Å². The molecule has 1 saturated heterocycles. The third-order valence-corrected chi connectivity index (χ3v) is 4.31. The Morgan fingerprint density at radius 2 is 1.95 bits per heavy atom. The van der Waals surface area contributed by atoms with Gasteiger partial charge in [-0.15, -0.1) is 0 Å². The molecular weight excluding hydrogens is 260 g/mol. The first-order valence-corrected chi connectivity index (χ1v) is 7.75. The lowest BCUT2D eigenvalue weighted by Crippen LogP contribution is -2.50. The van der Waals surface area contributed by atoms with Gasteiger partial charge in [0, 0.05) is 50.3 Å². The van der Waals surface area contributed by atoms with E-state index < -0.39 is 0 Å². The zero-order valence-electron chi connectivity index (χ0n) is 12.9. The summed E-state index contributed by atoms with van der Waals surface area (Å²) in [4.78, 5) is 5.05. The predicted molar refractivity (Wildman–Crippen MR) is 86.7 cm³/mol. The first-order valence-electron chi connectivity index (χ1n) is 7.75. The number of aromatic nitrogens is 2. The lowest BCUT2D eigenvalue weighted by molar-refractivity contribution is 0.177. The molecule has 112 valence electrons. The minimum atomic E-state index is 0.532. The summed E-state index contributed by atoms with van der Waals surface area (Å²) in [5.74, 6) is 0. The van der Waals surface area contributed by atoms with Crippen molar-refractivity contribution in [2.24, 2.45) is 0 Å². The smallest absolute Gasteiger partial charge is 0.0562 e. The summed E-state index contributed by atoms with van der Waals surface area (Å²) in [6.07, 6.45) is 3.89. The maximum atomic E-state index is 4.30. The standard InChI is InChI=1S/C17H24N4/c1-15-5-3-6-17(13-15)20-11-9-19(10-12-20)16(2)14-21-8-4-7-18-21/h3-8,13,16H,9-12,14H2,1-2H3/t16-/m1/s1. The fraction of sp³-hybridized carbons (Fsp3) is 0.471. The first kappa shape index (κ1) is 14.1. The van der Waals surface area contributed by atoms with Crippen LogP contribution in [0.15, 0.2) is 42.7 Å². The monoisotopic (exact) mass is 284 g/mol. The largest absolute Gasteiger partial charge is 0.369 e. The maximum Gasteiger partial charge on any atom is 0.0562 e. The second-order valence-corrected chi connectivity index (χ2v) is 5.94. The van der Waals surface area contributed by atoms with Gasteiger partial charge in [-0.1, -0.05) is 12.1 Å². The van der Waals surface area contributed by atoms with E-state index >= 15 is 0 Å². The van der Waals surface area contributed by atoms with Crippen LogP contribution in [-0.2, 0) is 6.54 Å². The van der Waals surface area contributed by atoms with Crippen LogP contribution in [-0.4, -0.2) is 46.9 Å². The number of nitrogens with zero attached hydrogens (tertiary/aromatic N) is 4. The maximum absolute atomic E-state index is 4.30. The Labute approximate surface area is 127 Å². The highest BCUT2D eigenvalue weighted by atomic mass is 15.3. The summed E-state index contributed by atoms with van der Waals surface area (Å²) in [7, 11) is 0. The SMILES string of the molecule is Cc1cccc(N2CCN([C@H](C)Cn3cccn3)CC2)c1. The van der Waals surface area contributed by atoms with Gasteiger partial charge in [0.1, 0.15) is 0 Å². The minimum absolute atomic E-state index is 0.532. The van der Waals surface area contributed by atoms with E-state index in [1.165, 1.54) is 11.3 Å². The molecule has 0 bridgehead atoms. The third-order valence-electron chi connectivity index (χ3n) is 4.31. The Hall–Kier alpha value is -1.81. The van der Waals surface area contributed by atoms with Crippen LogP contribution >= 0.6 is 0 Å². The number of hydrogen-bond acceptors (Lipinski definition) is 3. The number of hydrogen-bond donors (Lipinski definition) is 0. The van der Waals surface area contributed by atoms with Gasteiger partial charge in [0.05, 0.1) is 6.54 Å². The number of rotatable bonds is 4. The molecule has 2 aromatic rings. The van der Waals surface area contributed by atoms with Crippen LogP contribution in [0.25, 0.3) is 0 Å². The van der Waals surface area contributed by atoms with Crippen molar-refractivity contribution in [2.75, 3.05) is 31.1 Å². The van der Waals surface area contributed by atoms with Crippen LogP contribution in [0.1, 0.15) is 12.5 Å². The molecule has 1 aliphatic heterocycles. The van der Waals surface area contributed by atoms with Crippen LogP contribution in [0.3, 0.4) is 0 Å². The van der Waals surface area contributed by atoms with Crippen molar-refractivity contribution in [3.63, 3.8) is 0 Å². The molecule has 0 N–H and O–H groups in total. The van der Waals surface area contributed by atoms with Gasteiger partial charge in [-0.05, 0) is 37.6 Å². The van der Waals surface area contributed by atoms with Crippen molar-refractivity contribution in [2.45, 2.75) is 26.4 Å². The molecule has 1 aromatic heterocycles. The molecule has 0 aliphatic carbocycles. The molecule has 4 heteroatoms. The highest BCUT2D eigenvalue weighted by molar-refractivity contribution is 5.48. The Morgan fingerprint density at radius 3 is 2.62 bits per heavy atom. The van der Waals surface area contributed by atoms with Gasteiger partial charge in [-0.25, -0.2) is 0 Å². The van der Waals surface area contributed by atoms with E-state index in [0.717, 1.165) is 32.7 Å². The van der Waals surface area contributed by atoms with E-state index in [1.807, 2.05) is 23.1 Å². The van der Waals surface area contributed by atoms with Crippen molar-refractivity contribution in [1.82, 2.24) is 14.7 Å². The fourth-order valence-corrected chi connectivity index (χ4v) is 3.04. The molecule has 0 unspecified atom stereocenters. The Kier molecular flexibility index (Phi) is 4.25. The van der Waals surface area contributed by atoms with Crippen LogP contribution in [0.4, 0.5) is 5.69 Å². The topological polar surface area (TPSA) is 24.3 Å². The lowest BCUT2D eigenvalue weighted by Gasteiger charge is -2.39. The molecule has 4 nitrogen and oxygen atoms in total. The Morgan fingerprint density at radius 1 is 1.14 bits per heavy atom. The van der Waals surface area contributed by atoms with Gasteiger partial charge in [-0.2, -0.15) is 5.10 Å². The average molecular weight is 284 g/mol. The summed E-state index contributed by atoms with van der Waals surface area (Å²) in [5.41, 5.74) is 2.69. The first-order chi connectivity index (χ1) is 10.2. The van der Waals surface area contributed by atoms with E-state index in [0.29, 0.717) is 6.04 Å². The minimum Gasteiger partial charge on any atom is -0.369 e. The van der Waals surface area contributed by atoms with Crippen molar-refractivity contribution in [1.29, 1.82) is 0 Å². The molecule has 2 heterocycles. The number of aryl methyl sites for hydroxylation is 1. The zero-order chi connectivity index (χ0) is 14.7. The molecular formula is C17H24N4. The molecule has 1 fully saturated rings. The van der Waals surface area contributed by atoms with Crippen LogP contribution in [0, 0.1) is 6.92 Å². The second-order valence-electron chi connectivity index (χ2n) is 5.94. The van der Waals surface area contributed by atoms with Gasteiger partial charge in [0.2, 0.25) is 0 Å². The Balaban J connectivity index is 1.55. The highest BCUT2D eigenvalue weighted by Gasteiger charge is 2.21. The summed E-state index contributed by atoms with van der Waals surface area (Å²) in [6.45, 7) is 9.87. The van der Waals surface area contributed by atoms with E-state index in [-0.39, 0.29) is 0 Å². The quantitative estimate of drug-likeness (QED) is 0.861. The third kappa shape index (κ3) is 3.45. The van der Waals surface area contributed by atoms with Gasteiger partial charge < -0.3 is 4.90 Å². The fourth-order valence-electron chi connectivity index (χ4n) is 3.04. The van der Waals surface area contributed by atoms with E-state index in [1.54, 1.807) is 0 Å². The average Bonchev–Trinajstić information content (AvgIpc) is 3.00. The molecule has 0 amide bonds. The van der Waals surface area contributed by atoms with Crippen molar-refractivity contribution in [3.05, 3.63) is 48.3 Å². The second kappa shape index (κ2) is 6.31. The lowest BCUT2D eigenvalue weighted by atomic mass is 10.1. The normalized spacial score (nSPS) is 17.9. The number of piperazine rings is 1. The number of anilines is 1. The Bertz CT molecular complexity index is 556. The van der Waals surface area contributed by atoms with Gasteiger partial charge in [0.15, 0.2) is 0 Å². The molecule has 0 radical (unpaired) electrons. The van der Waals surface area contributed by atoms with E-state index in [9.17, 15) is 0 Å². The van der Waals surface area contributed by atoms with Gasteiger partial charge in [-0.3, -0.25) is 9.58 Å². The molecule has 1 aromatic carbocycles. The van der Waals surface area contributed by atoms with Crippen molar-refractivity contribution in [3.8, 4) is 0 Å². The molecule has 1 atom stereocenters. The number of benzene rings is 1. The molecule has 1 aliphatic rings. The zero-order valence-corrected chi connectivity index (χ0v) is 12.9. The highest BCUT2D eigenvalue weighted by Crippen LogP contribution is 2.18. The summed E-state index contributed by atoms with van der Waals surface area (Å²) in [5, 5.41) is 4.30. The molecule has 0 saturated carbocycles. The van der Waals surface area contributed by atoms with Crippen molar-refractivity contribution < 1.29 is 0 Å². The molecule has 0 spiro atoms. The predicted octanol–water partition coefficient (Wildman–Crippen LogP) is 2.40. The van der Waals surface area contributed by atoms with E-state index in [4.69, 9.17) is 0 Å². The van der Waals surface area contributed by atoms with Crippen LogP contribution < -0.4 is 4.90 Å². The van der Waals surface area contributed by atoms with Crippen LogP contribution in [0.2, 0.25) is 0 Å². The summed E-state index contributed by atoms with van der Waals surface area (Å²) >= 11 is 0. The molecule has 3 rings (SSSR count).